The van der Waals surface area contributed by atoms with E-state index in [1.54, 1.807) is 6.92 Å². The van der Waals surface area contributed by atoms with Gasteiger partial charge in [-0.05, 0) is 25.1 Å². The quantitative estimate of drug-likeness (QED) is 0.667. The van der Waals surface area contributed by atoms with Gasteiger partial charge in [0.2, 0.25) is 5.88 Å². The zero-order valence-corrected chi connectivity index (χ0v) is 15.2. The van der Waals surface area contributed by atoms with Gasteiger partial charge in [0.1, 0.15) is 10.7 Å². The average Bonchev–Trinajstić information content (AvgIpc) is 3.19. The van der Waals surface area contributed by atoms with Crippen LogP contribution in [0.15, 0.2) is 28.4 Å². The molecule has 0 aliphatic carbocycles. The number of halogens is 1. The Morgan fingerprint density at radius 2 is 2.19 bits per heavy atom. The average molecular weight is 389 g/mol. The smallest absolute Gasteiger partial charge is 0.307 e. The number of hydrogen-bond acceptors (Lipinski definition) is 7. The van der Waals surface area contributed by atoms with E-state index in [-0.39, 0.29) is 11.6 Å². The van der Waals surface area contributed by atoms with Crippen molar-refractivity contribution in [1.82, 2.24) is 9.97 Å². The van der Waals surface area contributed by atoms with Crippen molar-refractivity contribution in [3.05, 3.63) is 34.6 Å². The van der Waals surface area contributed by atoms with Gasteiger partial charge in [0.15, 0.2) is 10.8 Å². The van der Waals surface area contributed by atoms with Crippen molar-refractivity contribution in [2.75, 3.05) is 31.2 Å². The third kappa shape index (κ3) is 3.40. The molecule has 8 nitrogen and oxygen atoms in total. The minimum absolute atomic E-state index is 0.0916. The number of rotatable bonds is 3. The van der Waals surface area contributed by atoms with Gasteiger partial charge in [-0.2, -0.15) is 0 Å². The van der Waals surface area contributed by atoms with Crippen LogP contribution in [0.4, 0.5) is 15.2 Å². The summed E-state index contributed by atoms with van der Waals surface area (Å²) >= 11 is 1.26. The standard InChI is InChI=1S/C17H16FN5O3S/c1-9-14(27-17(19-9)23-4-6-26-7-5-23)16(25)22-21-13-11-3-2-10(18)8-12(11)20-15(13)24/h2-3,8,20,24H,4-7H2,1H3. The number of fused-ring (bicyclic) bond motifs is 1. The summed E-state index contributed by atoms with van der Waals surface area (Å²) < 4.78 is 18.6. The second kappa shape index (κ2) is 7.05. The van der Waals surface area contributed by atoms with Crippen LogP contribution in [-0.2, 0) is 4.74 Å². The SMILES string of the molecule is Cc1nc(N2CCOCC2)sc1C(=O)N=Nc1c(O)[nH]c2cc(F)ccc12. The Hall–Kier alpha value is -2.85. The van der Waals surface area contributed by atoms with Gasteiger partial charge in [0.25, 0.3) is 0 Å². The van der Waals surface area contributed by atoms with Gasteiger partial charge >= 0.3 is 5.91 Å². The van der Waals surface area contributed by atoms with Gasteiger partial charge < -0.3 is 19.7 Å². The van der Waals surface area contributed by atoms with Crippen molar-refractivity contribution < 1.29 is 19.0 Å². The van der Waals surface area contributed by atoms with Crippen LogP contribution in [0.25, 0.3) is 10.9 Å². The van der Waals surface area contributed by atoms with E-state index < -0.39 is 11.7 Å². The number of anilines is 1. The molecule has 0 saturated carbocycles. The summed E-state index contributed by atoms with van der Waals surface area (Å²) in [6, 6.07) is 3.95. The molecule has 10 heteroatoms. The summed E-state index contributed by atoms with van der Waals surface area (Å²) in [5.74, 6) is -1.26. The van der Waals surface area contributed by atoms with Gasteiger partial charge in [-0.3, -0.25) is 4.79 Å². The van der Waals surface area contributed by atoms with Gasteiger partial charge in [-0.1, -0.05) is 11.3 Å². The lowest BCUT2D eigenvalue weighted by Crippen LogP contribution is -2.36. The summed E-state index contributed by atoms with van der Waals surface area (Å²) in [5.41, 5.74) is 1.04. The van der Waals surface area contributed by atoms with Crippen molar-refractivity contribution >= 4 is 39.0 Å². The van der Waals surface area contributed by atoms with E-state index >= 15 is 0 Å². The first-order valence-electron chi connectivity index (χ1n) is 8.29. The van der Waals surface area contributed by atoms with Gasteiger partial charge in [0.05, 0.1) is 24.4 Å². The third-order valence-corrected chi connectivity index (χ3v) is 5.42. The molecule has 140 valence electrons. The topological polar surface area (TPSA) is 103 Å². The van der Waals surface area contributed by atoms with Crippen LogP contribution in [0.1, 0.15) is 15.4 Å². The predicted molar refractivity (Wildman–Crippen MR) is 98.7 cm³/mol. The monoisotopic (exact) mass is 389 g/mol. The molecule has 1 saturated heterocycles. The number of thiazole rings is 1. The van der Waals surface area contributed by atoms with Crippen molar-refractivity contribution in [2.45, 2.75) is 6.92 Å². The summed E-state index contributed by atoms with van der Waals surface area (Å²) in [4.78, 5) is 22.0. The predicted octanol–water partition coefficient (Wildman–Crippen LogP) is 3.54. The van der Waals surface area contributed by atoms with E-state index in [1.165, 1.54) is 29.5 Å². The highest BCUT2D eigenvalue weighted by Gasteiger charge is 2.21. The van der Waals surface area contributed by atoms with Crippen LogP contribution in [0.2, 0.25) is 0 Å². The van der Waals surface area contributed by atoms with Gasteiger partial charge in [-0.15, -0.1) is 10.2 Å². The maximum Gasteiger partial charge on any atom is 0.307 e. The molecule has 1 aliphatic heterocycles. The molecular formula is C17H16FN5O3S. The highest BCUT2D eigenvalue weighted by molar-refractivity contribution is 7.17. The Labute approximate surface area is 157 Å². The van der Waals surface area contributed by atoms with Crippen LogP contribution in [0.3, 0.4) is 0 Å². The molecule has 1 aliphatic rings. The van der Waals surface area contributed by atoms with E-state index in [4.69, 9.17) is 4.74 Å². The van der Waals surface area contributed by atoms with Crippen molar-refractivity contribution in [2.24, 2.45) is 10.2 Å². The van der Waals surface area contributed by atoms with Crippen LogP contribution in [-0.4, -0.2) is 47.3 Å². The Morgan fingerprint density at radius 3 is 2.96 bits per heavy atom. The number of H-pyrrole nitrogens is 1. The normalized spacial score (nSPS) is 15.1. The first-order chi connectivity index (χ1) is 13.0. The van der Waals surface area contributed by atoms with E-state index in [1.807, 2.05) is 0 Å². The molecule has 0 spiro atoms. The number of amides is 1. The van der Waals surface area contributed by atoms with Crippen molar-refractivity contribution in [3.8, 4) is 5.88 Å². The summed E-state index contributed by atoms with van der Waals surface area (Å²) in [6.07, 6.45) is 0. The molecule has 1 fully saturated rings. The molecule has 0 atom stereocenters. The van der Waals surface area contributed by atoms with Gasteiger partial charge in [-0.25, -0.2) is 9.37 Å². The second-order valence-electron chi connectivity index (χ2n) is 6.03. The fourth-order valence-electron chi connectivity index (χ4n) is 2.85. The molecule has 1 amide bonds. The fourth-order valence-corrected chi connectivity index (χ4v) is 3.85. The largest absolute Gasteiger partial charge is 0.493 e. The number of aromatic nitrogens is 2. The molecule has 1 aromatic carbocycles. The Morgan fingerprint density at radius 1 is 1.41 bits per heavy atom. The number of aryl methyl sites for hydroxylation is 1. The molecule has 0 radical (unpaired) electrons. The summed E-state index contributed by atoms with van der Waals surface area (Å²) in [5, 5.41) is 18.8. The maximum atomic E-state index is 13.3. The number of benzene rings is 1. The second-order valence-corrected chi connectivity index (χ2v) is 7.01. The number of nitrogens with zero attached hydrogens (tertiary/aromatic N) is 4. The highest BCUT2D eigenvalue weighted by Crippen LogP contribution is 2.36. The highest BCUT2D eigenvalue weighted by atomic mass is 32.1. The molecule has 3 aromatic rings. The Balaban J connectivity index is 1.59. The Bertz CT molecular complexity index is 1040. The number of carbonyl (C=O) groups excluding carboxylic acids is 1. The molecule has 0 unspecified atom stereocenters. The number of aromatic hydroxyl groups is 1. The minimum atomic E-state index is -0.541. The molecule has 3 heterocycles. The number of morpholine rings is 1. The number of aromatic amines is 1. The van der Waals surface area contributed by atoms with Crippen LogP contribution < -0.4 is 4.90 Å². The number of hydrogen-bond donors (Lipinski definition) is 2. The lowest BCUT2D eigenvalue weighted by Gasteiger charge is -2.25. The van der Waals surface area contributed by atoms with Gasteiger partial charge in [0, 0.05) is 18.5 Å². The fraction of sp³-hybridized carbons (Fsp3) is 0.294. The first kappa shape index (κ1) is 17.6. The van der Waals surface area contributed by atoms with E-state index in [2.05, 4.69) is 25.1 Å². The number of carbonyl (C=O) groups is 1. The van der Waals surface area contributed by atoms with E-state index in [0.717, 1.165) is 18.2 Å². The maximum absolute atomic E-state index is 13.3. The molecule has 4 rings (SSSR count). The van der Waals surface area contributed by atoms with Crippen molar-refractivity contribution in [3.63, 3.8) is 0 Å². The number of nitrogens with one attached hydrogen (secondary N) is 1. The van der Waals surface area contributed by atoms with E-state index in [0.29, 0.717) is 34.7 Å². The number of azo groups is 1. The third-order valence-electron chi connectivity index (χ3n) is 4.22. The summed E-state index contributed by atoms with van der Waals surface area (Å²) in [6.45, 7) is 4.45. The van der Waals surface area contributed by atoms with Crippen molar-refractivity contribution in [1.29, 1.82) is 0 Å². The Kier molecular flexibility index (Phi) is 4.58. The number of ether oxygens (including phenoxy) is 1. The molecular weight excluding hydrogens is 373 g/mol. The van der Waals surface area contributed by atoms with Crippen LogP contribution in [0.5, 0.6) is 5.88 Å². The van der Waals surface area contributed by atoms with Crippen LogP contribution >= 0.6 is 11.3 Å². The molecule has 2 aromatic heterocycles. The molecule has 2 N–H and O–H groups in total. The lowest BCUT2D eigenvalue weighted by atomic mass is 10.2. The molecule has 0 bridgehead atoms. The first-order valence-corrected chi connectivity index (χ1v) is 9.11. The lowest BCUT2D eigenvalue weighted by molar-refractivity contribution is 0.0998. The minimum Gasteiger partial charge on any atom is -0.493 e. The van der Waals surface area contributed by atoms with Crippen LogP contribution in [0, 0.1) is 12.7 Å². The zero-order valence-electron chi connectivity index (χ0n) is 14.4. The summed E-state index contributed by atoms with van der Waals surface area (Å²) in [7, 11) is 0. The molecule has 27 heavy (non-hydrogen) atoms. The zero-order chi connectivity index (χ0) is 19.0. The van der Waals surface area contributed by atoms with E-state index in [9.17, 15) is 14.3 Å².